The van der Waals surface area contributed by atoms with Gasteiger partial charge in [-0.15, -0.1) is 0 Å². The van der Waals surface area contributed by atoms with Gasteiger partial charge in [-0.25, -0.2) is 0 Å². The van der Waals surface area contributed by atoms with Crippen LogP contribution in [0.4, 0.5) is 0 Å². The highest BCUT2D eigenvalue weighted by molar-refractivity contribution is 6.35. The van der Waals surface area contributed by atoms with Crippen LogP contribution < -0.4 is 10.1 Å². The fraction of sp³-hybridized carbons (Fsp3) is 0.500. The Balaban J connectivity index is 2.25. The number of aliphatic hydroxyl groups excluding tert-OH is 3. The van der Waals surface area contributed by atoms with Crippen LogP contribution >= 0.6 is 23.2 Å². The molecular formula is C14H17Cl2NO6. The molecule has 1 aromatic carbocycles. The smallest absolute Gasteiger partial charge is 0.223 e. The number of halogens is 2. The molecule has 2 rings (SSSR count). The van der Waals surface area contributed by atoms with Crippen molar-refractivity contribution in [3.63, 3.8) is 0 Å². The average molecular weight is 366 g/mol. The maximum Gasteiger partial charge on any atom is 0.223 e. The molecule has 1 fully saturated rings. The quantitative estimate of drug-likeness (QED) is 0.611. The van der Waals surface area contributed by atoms with E-state index in [4.69, 9.17) is 32.7 Å². The van der Waals surface area contributed by atoms with Crippen molar-refractivity contribution in [2.45, 2.75) is 37.6 Å². The van der Waals surface area contributed by atoms with Crippen molar-refractivity contribution in [1.29, 1.82) is 0 Å². The van der Waals surface area contributed by atoms with Crippen molar-refractivity contribution in [1.82, 2.24) is 5.32 Å². The predicted octanol–water partition coefficient (Wildman–Crippen LogP) is 0.316. The van der Waals surface area contributed by atoms with Gasteiger partial charge in [0.2, 0.25) is 12.2 Å². The van der Waals surface area contributed by atoms with Crippen LogP contribution in [0.2, 0.25) is 10.0 Å². The Morgan fingerprint density at radius 3 is 2.61 bits per heavy atom. The number of aliphatic hydroxyl groups is 3. The minimum absolute atomic E-state index is 0.212. The van der Waals surface area contributed by atoms with E-state index >= 15 is 0 Å². The van der Waals surface area contributed by atoms with Crippen LogP contribution in [0, 0.1) is 0 Å². The molecule has 0 bridgehead atoms. The molecule has 1 heterocycles. The molecule has 5 atom stereocenters. The fourth-order valence-corrected chi connectivity index (χ4v) is 2.72. The lowest BCUT2D eigenvalue weighted by Crippen LogP contribution is -2.65. The molecule has 0 radical (unpaired) electrons. The lowest BCUT2D eigenvalue weighted by Gasteiger charge is -2.42. The van der Waals surface area contributed by atoms with Crippen LogP contribution in [0.5, 0.6) is 5.75 Å². The standard InChI is InChI=1S/C14H17Cl2NO6/c1-6(19)17-11-13(21)12(20)10(5-18)23-14(11)22-9-3-2-7(15)4-8(9)16/h2-4,10-14,18,20-21H,5H2,1H3,(H,17,19)/t10-,11+,12+,13-,14-/m0/s1. The molecule has 1 saturated heterocycles. The van der Waals surface area contributed by atoms with Gasteiger partial charge >= 0.3 is 0 Å². The zero-order chi connectivity index (χ0) is 17.1. The highest BCUT2D eigenvalue weighted by atomic mass is 35.5. The highest BCUT2D eigenvalue weighted by Crippen LogP contribution is 2.31. The molecule has 23 heavy (non-hydrogen) atoms. The number of carbonyl (C=O) groups excluding carboxylic acids is 1. The van der Waals surface area contributed by atoms with Crippen LogP contribution in [-0.4, -0.2) is 58.5 Å². The van der Waals surface area contributed by atoms with Crippen molar-refractivity contribution >= 4 is 29.1 Å². The first-order chi connectivity index (χ1) is 10.8. The van der Waals surface area contributed by atoms with Gasteiger partial charge in [0.15, 0.2) is 0 Å². The van der Waals surface area contributed by atoms with Crippen LogP contribution in [0.25, 0.3) is 0 Å². The zero-order valence-electron chi connectivity index (χ0n) is 12.1. The minimum Gasteiger partial charge on any atom is -0.461 e. The van der Waals surface area contributed by atoms with Gasteiger partial charge in [-0.2, -0.15) is 0 Å². The van der Waals surface area contributed by atoms with Crippen LogP contribution in [-0.2, 0) is 9.53 Å². The van der Waals surface area contributed by atoms with Crippen LogP contribution in [0.15, 0.2) is 18.2 Å². The third kappa shape index (κ3) is 4.26. The third-order valence-electron chi connectivity index (χ3n) is 3.39. The van der Waals surface area contributed by atoms with Gasteiger partial charge in [-0.1, -0.05) is 23.2 Å². The molecule has 1 aliphatic heterocycles. The first kappa shape index (κ1) is 18.3. The molecule has 1 amide bonds. The summed E-state index contributed by atoms with van der Waals surface area (Å²) in [5.74, 6) is -0.222. The molecule has 0 spiro atoms. The number of hydrogen-bond acceptors (Lipinski definition) is 6. The Bertz CT molecular complexity index is 572. The monoisotopic (exact) mass is 365 g/mol. The van der Waals surface area contributed by atoms with Gasteiger partial charge in [-0.3, -0.25) is 4.79 Å². The van der Waals surface area contributed by atoms with Crippen molar-refractivity contribution in [2.75, 3.05) is 6.61 Å². The van der Waals surface area contributed by atoms with Crippen LogP contribution in [0.1, 0.15) is 6.92 Å². The van der Waals surface area contributed by atoms with Crippen molar-refractivity contribution in [3.05, 3.63) is 28.2 Å². The Morgan fingerprint density at radius 1 is 1.35 bits per heavy atom. The molecule has 128 valence electrons. The van der Waals surface area contributed by atoms with E-state index in [0.29, 0.717) is 5.02 Å². The van der Waals surface area contributed by atoms with Gasteiger partial charge in [-0.05, 0) is 18.2 Å². The first-order valence-electron chi connectivity index (χ1n) is 6.84. The van der Waals surface area contributed by atoms with Crippen molar-refractivity contribution in [2.24, 2.45) is 0 Å². The molecule has 0 aromatic heterocycles. The zero-order valence-corrected chi connectivity index (χ0v) is 13.7. The molecule has 1 aromatic rings. The van der Waals surface area contributed by atoms with E-state index in [1.165, 1.54) is 19.1 Å². The van der Waals surface area contributed by atoms with Crippen LogP contribution in [0.3, 0.4) is 0 Å². The van der Waals surface area contributed by atoms with Crippen molar-refractivity contribution in [3.8, 4) is 5.75 Å². The molecule has 7 nitrogen and oxygen atoms in total. The number of benzene rings is 1. The van der Waals surface area contributed by atoms with E-state index in [-0.39, 0.29) is 10.8 Å². The summed E-state index contributed by atoms with van der Waals surface area (Å²) in [6.45, 7) is 0.725. The number of hydrogen-bond donors (Lipinski definition) is 4. The van der Waals surface area contributed by atoms with E-state index in [1.54, 1.807) is 6.07 Å². The van der Waals surface area contributed by atoms with E-state index < -0.39 is 43.2 Å². The second-order valence-electron chi connectivity index (χ2n) is 5.13. The molecule has 0 unspecified atom stereocenters. The summed E-state index contributed by atoms with van der Waals surface area (Å²) in [5, 5.41) is 32.4. The summed E-state index contributed by atoms with van der Waals surface area (Å²) < 4.78 is 11.0. The Kier molecular flexibility index (Phi) is 6.07. The fourth-order valence-electron chi connectivity index (χ4n) is 2.27. The van der Waals surface area contributed by atoms with Gasteiger partial charge in [0, 0.05) is 11.9 Å². The summed E-state index contributed by atoms with van der Waals surface area (Å²) in [5.41, 5.74) is 0. The molecule has 0 saturated carbocycles. The summed E-state index contributed by atoms with van der Waals surface area (Å²) in [6.07, 6.45) is -4.99. The maximum absolute atomic E-state index is 11.3. The Morgan fingerprint density at radius 2 is 2.04 bits per heavy atom. The topological polar surface area (TPSA) is 108 Å². The van der Waals surface area contributed by atoms with Gasteiger partial charge in [0.1, 0.15) is 30.1 Å². The normalized spacial score (nSPS) is 30.8. The molecule has 1 aliphatic rings. The van der Waals surface area contributed by atoms with E-state index in [0.717, 1.165) is 0 Å². The second-order valence-corrected chi connectivity index (χ2v) is 5.97. The molecular weight excluding hydrogens is 349 g/mol. The summed E-state index contributed by atoms with van der Waals surface area (Å²) in [6, 6.07) is 3.47. The van der Waals surface area contributed by atoms with E-state index in [2.05, 4.69) is 5.32 Å². The summed E-state index contributed by atoms with van der Waals surface area (Å²) in [4.78, 5) is 11.3. The first-order valence-corrected chi connectivity index (χ1v) is 7.60. The summed E-state index contributed by atoms with van der Waals surface area (Å²) >= 11 is 11.8. The number of amides is 1. The van der Waals surface area contributed by atoms with Gasteiger partial charge < -0.3 is 30.1 Å². The van der Waals surface area contributed by atoms with Crippen molar-refractivity contribution < 1.29 is 29.6 Å². The Labute approximate surface area is 142 Å². The average Bonchev–Trinajstić information content (AvgIpc) is 2.48. The summed E-state index contributed by atoms with van der Waals surface area (Å²) in [7, 11) is 0. The van der Waals surface area contributed by atoms with E-state index in [9.17, 15) is 20.1 Å². The highest BCUT2D eigenvalue weighted by Gasteiger charge is 2.46. The van der Waals surface area contributed by atoms with Gasteiger partial charge in [0.05, 0.1) is 11.6 Å². The number of rotatable bonds is 4. The van der Waals surface area contributed by atoms with Gasteiger partial charge in [0.25, 0.3) is 0 Å². The minimum atomic E-state index is -1.39. The predicted molar refractivity (Wildman–Crippen MR) is 82.5 cm³/mol. The Hall–Kier alpha value is -1.09. The third-order valence-corrected chi connectivity index (χ3v) is 3.92. The second kappa shape index (κ2) is 7.65. The molecule has 4 N–H and O–H groups in total. The number of ether oxygens (including phenoxy) is 2. The number of nitrogens with one attached hydrogen (secondary N) is 1. The maximum atomic E-state index is 11.3. The lowest BCUT2D eigenvalue weighted by atomic mass is 9.97. The van der Waals surface area contributed by atoms with E-state index in [1.807, 2.05) is 0 Å². The SMILES string of the molecule is CC(=O)N[C@H]1[C@@H](Oc2ccc(Cl)cc2Cl)O[C@@H](CO)[C@@H](O)[C@H]1O. The molecule has 0 aliphatic carbocycles. The lowest BCUT2D eigenvalue weighted by molar-refractivity contribution is -0.244. The number of carbonyl (C=O) groups is 1. The largest absolute Gasteiger partial charge is 0.461 e. The molecule has 9 heteroatoms.